The van der Waals surface area contributed by atoms with Gasteiger partial charge in [0.25, 0.3) is 0 Å². The summed E-state index contributed by atoms with van der Waals surface area (Å²) >= 11 is 0. The van der Waals surface area contributed by atoms with Gasteiger partial charge in [0.15, 0.2) is 5.65 Å². The molecule has 3 aromatic rings. The summed E-state index contributed by atoms with van der Waals surface area (Å²) in [5, 5.41) is 0. The van der Waals surface area contributed by atoms with Gasteiger partial charge in [0.1, 0.15) is 11.8 Å². The number of aromatic nitrogens is 6. The van der Waals surface area contributed by atoms with E-state index < -0.39 is 6.08 Å². The number of aromatic amines is 1. The fourth-order valence-corrected chi connectivity index (χ4v) is 0.972. The van der Waals surface area contributed by atoms with Crippen molar-refractivity contribution in [3.05, 3.63) is 43.4 Å². The van der Waals surface area contributed by atoms with Gasteiger partial charge >= 0.3 is 6.08 Å². The molecule has 7 heteroatoms. The lowest BCUT2D eigenvalue weighted by Gasteiger charge is -1.80. The summed E-state index contributed by atoms with van der Waals surface area (Å²) in [5.74, 6) is 0. The molecule has 0 spiro atoms. The van der Waals surface area contributed by atoms with Gasteiger partial charge in [-0.1, -0.05) is 0 Å². The average Bonchev–Trinajstić information content (AvgIpc) is 2.79. The van der Waals surface area contributed by atoms with Gasteiger partial charge in [-0.3, -0.25) is 0 Å². The van der Waals surface area contributed by atoms with E-state index in [0.29, 0.717) is 5.65 Å². The van der Waals surface area contributed by atoms with Gasteiger partial charge < -0.3 is 4.98 Å². The zero-order valence-corrected chi connectivity index (χ0v) is 8.08. The molecule has 6 nitrogen and oxygen atoms in total. The monoisotopic (exact) mass is 218 g/mol. The smallest absolute Gasteiger partial charge is 0.308 e. The molecule has 0 saturated carbocycles. The Hall–Kier alpha value is -2.44. The first-order valence-electron chi connectivity index (χ1n) is 4.38. The summed E-state index contributed by atoms with van der Waals surface area (Å²) in [6.45, 7) is 0. The summed E-state index contributed by atoms with van der Waals surface area (Å²) < 4.78 is 11.7. The highest BCUT2D eigenvalue weighted by Gasteiger charge is 1.91. The van der Waals surface area contributed by atoms with Gasteiger partial charge in [-0.2, -0.15) is 4.39 Å². The van der Waals surface area contributed by atoms with Gasteiger partial charge in [-0.15, -0.1) is 0 Å². The first-order chi connectivity index (χ1) is 7.86. The highest BCUT2D eigenvalue weighted by molar-refractivity contribution is 5.67. The van der Waals surface area contributed by atoms with E-state index in [0.717, 1.165) is 5.52 Å². The zero-order chi connectivity index (χ0) is 11.2. The number of H-pyrrole nitrogens is 1. The van der Waals surface area contributed by atoms with Crippen molar-refractivity contribution in [2.24, 2.45) is 0 Å². The molecule has 3 rings (SSSR count). The Kier molecular flexibility index (Phi) is 3.07. The van der Waals surface area contributed by atoms with Crippen LogP contribution in [0, 0.1) is 6.08 Å². The van der Waals surface area contributed by atoms with Crippen molar-refractivity contribution < 1.29 is 4.39 Å². The molecule has 0 aromatic carbocycles. The molecule has 1 N–H and O–H groups in total. The lowest BCUT2D eigenvalue weighted by molar-refractivity contribution is 0.538. The van der Waals surface area contributed by atoms with Crippen molar-refractivity contribution in [1.82, 2.24) is 29.9 Å². The van der Waals surface area contributed by atoms with Crippen LogP contribution in [-0.4, -0.2) is 29.9 Å². The number of hydrogen-bond donors (Lipinski definition) is 1. The molecule has 0 aliphatic heterocycles. The molecule has 3 aromatic heterocycles. The second-order valence-corrected chi connectivity index (χ2v) is 2.68. The van der Waals surface area contributed by atoms with E-state index in [1.165, 1.54) is 18.7 Å². The highest BCUT2D eigenvalue weighted by Crippen LogP contribution is 1.99. The van der Waals surface area contributed by atoms with E-state index >= 15 is 0 Å². The summed E-state index contributed by atoms with van der Waals surface area (Å²) in [4.78, 5) is 20.9. The molecular formula is C9H7FN6. The van der Waals surface area contributed by atoms with Crippen molar-refractivity contribution in [1.29, 1.82) is 0 Å². The lowest BCUT2D eigenvalue weighted by Crippen LogP contribution is -1.81. The third-order valence-electron chi connectivity index (χ3n) is 1.63. The van der Waals surface area contributed by atoms with Crippen LogP contribution in [0.15, 0.2) is 37.3 Å². The van der Waals surface area contributed by atoms with Crippen LogP contribution >= 0.6 is 0 Å². The minimum atomic E-state index is -0.678. The van der Waals surface area contributed by atoms with E-state index in [4.69, 9.17) is 0 Å². The van der Waals surface area contributed by atoms with Crippen molar-refractivity contribution in [3.8, 4) is 0 Å². The summed E-state index contributed by atoms with van der Waals surface area (Å²) in [6.07, 6.45) is 6.78. The Morgan fingerprint density at radius 1 is 1.06 bits per heavy atom. The number of nitrogens with zero attached hydrogens (tertiary/aromatic N) is 5. The molecule has 0 fully saturated rings. The van der Waals surface area contributed by atoms with E-state index in [1.807, 2.05) is 0 Å². The fourth-order valence-electron chi connectivity index (χ4n) is 0.972. The largest absolute Gasteiger partial charge is 0.342 e. The van der Waals surface area contributed by atoms with Gasteiger partial charge in [-0.05, 0) is 6.07 Å². The van der Waals surface area contributed by atoms with Gasteiger partial charge in [0.05, 0.1) is 12.5 Å². The molecule has 80 valence electrons. The molecule has 0 atom stereocenters. The van der Waals surface area contributed by atoms with Crippen LogP contribution < -0.4 is 0 Å². The molecule has 3 heterocycles. The lowest BCUT2D eigenvalue weighted by atomic mass is 10.6. The first-order valence-corrected chi connectivity index (χ1v) is 4.38. The third kappa shape index (κ3) is 2.53. The normalized spacial score (nSPS) is 9.56. The maximum Gasteiger partial charge on any atom is 0.308 e. The number of rotatable bonds is 0. The van der Waals surface area contributed by atoms with Crippen LogP contribution in [0.25, 0.3) is 11.2 Å². The maximum absolute atomic E-state index is 11.7. The number of nitrogens with one attached hydrogen (secondary N) is 1. The second kappa shape index (κ2) is 4.87. The predicted molar refractivity (Wildman–Crippen MR) is 53.7 cm³/mol. The Labute approximate surface area is 89.6 Å². The first kappa shape index (κ1) is 10.1. The van der Waals surface area contributed by atoms with Gasteiger partial charge in [-0.25, -0.2) is 24.9 Å². The molecule has 0 unspecified atom stereocenters. The number of imidazole rings is 1. The van der Waals surface area contributed by atoms with Crippen molar-refractivity contribution in [3.63, 3.8) is 0 Å². The van der Waals surface area contributed by atoms with Crippen LogP contribution in [0.2, 0.25) is 0 Å². The minimum absolute atomic E-state index is 0.678. The Balaban J connectivity index is 0.000000125. The SMILES string of the molecule is Fc1ncccn1.c1ncc2[nH]cnc2n1. The topological polar surface area (TPSA) is 80.2 Å². The molecule has 16 heavy (non-hydrogen) atoms. The average molecular weight is 218 g/mol. The second-order valence-electron chi connectivity index (χ2n) is 2.68. The highest BCUT2D eigenvalue weighted by atomic mass is 19.1. The number of halogens is 1. The fraction of sp³-hybridized carbons (Fsp3) is 0. The molecule has 0 saturated heterocycles. The van der Waals surface area contributed by atoms with Crippen LogP contribution in [0.1, 0.15) is 0 Å². The van der Waals surface area contributed by atoms with Crippen LogP contribution in [0.4, 0.5) is 4.39 Å². The van der Waals surface area contributed by atoms with Gasteiger partial charge in [0, 0.05) is 12.4 Å². The summed E-state index contributed by atoms with van der Waals surface area (Å²) in [7, 11) is 0. The third-order valence-corrected chi connectivity index (χ3v) is 1.63. The van der Waals surface area contributed by atoms with Crippen LogP contribution in [0.3, 0.4) is 0 Å². The zero-order valence-electron chi connectivity index (χ0n) is 8.08. The quantitative estimate of drug-likeness (QED) is 0.568. The Morgan fingerprint density at radius 3 is 2.50 bits per heavy atom. The maximum atomic E-state index is 11.7. The van der Waals surface area contributed by atoms with E-state index in [1.54, 1.807) is 18.6 Å². The summed E-state index contributed by atoms with van der Waals surface area (Å²) in [5.41, 5.74) is 1.59. The minimum Gasteiger partial charge on any atom is -0.342 e. The van der Waals surface area contributed by atoms with Crippen LogP contribution in [-0.2, 0) is 0 Å². The predicted octanol–water partition coefficient (Wildman–Crippen LogP) is 0.969. The van der Waals surface area contributed by atoms with E-state index in [2.05, 4.69) is 29.9 Å². The molecule has 0 aliphatic rings. The summed E-state index contributed by atoms with van der Waals surface area (Å²) in [6, 6.07) is 1.56. The van der Waals surface area contributed by atoms with Crippen molar-refractivity contribution in [2.45, 2.75) is 0 Å². The van der Waals surface area contributed by atoms with Crippen molar-refractivity contribution in [2.75, 3.05) is 0 Å². The molecule has 0 amide bonds. The van der Waals surface area contributed by atoms with Crippen LogP contribution in [0.5, 0.6) is 0 Å². The van der Waals surface area contributed by atoms with E-state index in [9.17, 15) is 4.39 Å². The molecule has 0 bridgehead atoms. The number of hydrogen-bond acceptors (Lipinski definition) is 5. The van der Waals surface area contributed by atoms with Gasteiger partial charge in [0.2, 0.25) is 0 Å². The molecule has 0 radical (unpaired) electrons. The molecule has 0 aliphatic carbocycles. The molecular weight excluding hydrogens is 211 g/mol. The standard InChI is InChI=1S/C5H4N4.C4H3FN2/c1-4-5(8-2-6-1)9-3-7-4;5-4-6-2-1-3-7-4/h1-3H,(H,6,7,8,9);1-3H. The number of fused-ring (bicyclic) bond motifs is 1. The Morgan fingerprint density at radius 2 is 1.88 bits per heavy atom. The Bertz CT molecular complexity index is 522. The van der Waals surface area contributed by atoms with E-state index in [-0.39, 0.29) is 0 Å². The van der Waals surface area contributed by atoms with Crippen molar-refractivity contribution >= 4 is 11.2 Å².